The van der Waals surface area contributed by atoms with Crippen LogP contribution in [0.15, 0.2) is 34.1 Å². The number of carbonyl (C=O) groups excluding carboxylic acids is 2. The van der Waals surface area contributed by atoms with Gasteiger partial charge in [0.2, 0.25) is 0 Å². The maximum Gasteiger partial charge on any atom is 0.349 e. The second kappa shape index (κ2) is 6.87. The first kappa shape index (κ1) is 15.7. The van der Waals surface area contributed by atoms with Crippen molar-refractivity contribution < 1.29 is 14.3 Å². The first-order valence-corrected chi connectivity index (χ1v) is 7.92. The van der Waals surface area contributed by atoms with Gasteiger partial charge in [0.05, 0.1) is 0 Å². The number of amides is 1. The Morgan fingerprint density at radius 3 is 2.62 bits per heavy atom. The van der Waals surface area contributed by atoms with Crippen LogP contribution in [0.1, 0.15) is 20.8 Å². The van der Waals surface area contributed by atoms with Crippen LogP contribution in [0.5, 0.6) is 0 Å². The molecule has 110 valence electrons. The number of aryl methyl sites for hydroxylation is 2. The topological polar surface area (TPSA) is 55.4 Å². The summed E-state index contributed by atoms with van der Waals surface area (Å²) < 4.78 is 5.98. The number of esters is 1. The fourth-order valence-electron chi connectivity index (χ4n) is 1.70. The monoisotopic (exact) mass is 367 g/mol. The lowest BCUT2D eigenvalue weighted by molar-refractivity contribution is -0.119. The first-order chi connectivity index (χ1) is 9.97. The van der Waals surface area contributed by atoms with Gasteiger partial charge in [-0.05, 0) is 54.6 Å². The maximum absolute atomic E-state index is 11.8. The third-order valence-corrected chi connectivity index (χ3v) is 4.71. The highest BCUT2D eigenvalue weighted by Gasteiger charge is 2.14. The molecule has 4 nitrogen and oxygen atoms in total. The third-order valence-electron chi connectivity index (χ3n) is 2.82. The summed E-state index contributed by atoms with van der Waals surface area (Å²) >= 11 is 4.70. The molecule has 2 aromatic rings. The van der Waals surface area contributed by atoms with E-state index in [0.29, 0.717) is 10.6 Å². The van der Waals surface area contributed by atoms with E-state index in [1.165, 1.54) is 11.3 Å². The quantitative estimate of drug-likeness (QED) is 0.833. The van der Waals surface area contributed by atoms with E-state index in [4.69, 9.17) is 4.74 Å². The molecule has 0 saturated carbocycles. The molecule has 21 heavy (non-hydrogen) atoms. The standard InChI is InChI=1S/C15H14BrNO3S/c1-9-5-6-21-14(9)15(19)20-8-13(18)17-11-3-4-12(16)10(2)7-11/h3-7H,8H2,1-2H3,(H,17,18). The Kier molecular flexibility index (Phi) is 5.14. The maximum atomic E-state index is 11.8. The zero-order chi connectivity index (χ0) is 15.4. The fourth-order valence-corrected chi connectivity index (χ4v) is 2.76. The molecule has 0 aliphatic carbocycles. The zero-order valence-corrected chi connectivity index (χ0v) is 14.0. The van der Waals surface area contributed by atoms with E-state index in [-0.39, 0.29) is 12.5 Å². The van der Waals surface area contributed by atoms with E-state index in [9.17, 15) is 9.59 Å². The highest BCUT2D eigenvalue weighted by Crippen LogP contribution is 2.20. The molecule has 0 radical (unpaired) electrons. The second-order valence-electron chi connectivity index (χ2n) is 4.52. The van der Waals surface area contributed by atoms with Crippen LogP contribution in [0.3, 0.4) is 0 Å². The van der Waals surface area contributed by atoms with Crippen LogP contribution < -0.4 is 5.32 Å². The van der Waals surface area contributed by atoms with Gasteiger partial charge in [0.1, 0.15) is 4.88 Å². The minimum absolute atomic E-state index is 0.300. The van der Waals surface area contributed by atoms with Crippen molar-refractivity contribution in [3.63, 3.8) is 0 Å². The summed E-state index contributed by atoms with van der Waals surface area (Å²) in [6.07, 6.45) is 0. The van der Waals surface area contributed by atoms with Crippen molar-refractivity contribution in [3.8, 4) is 0 Å². The van der Waals surface area contributed by atoms with E-state index >= 15 is 0 Å². The van der Waals surface area contributed by atoms with Gasteiger partial charge in [-0.1, -0.05) is 15.9 Å². The van der Waals surface area contributed by atoms with Gasteiger partial charge in [0.15, 0.2) is 6.61 Å². The molecule has 1 aromatic heterocycles. The van der Waals surface area contributed by atoms with Crippen molar-refractivity contribution >= 4 is 44.8 Å². The molecule has 2 rings (SSSR count). The number of anilines is 1. The van der Waals surface area contributed by atoms with Crippen molar-refractivity contribution in [1.82, 2.24) is 0 Å². The van der Waals surface area contributed by atoms with Crippen LogP contribution in [0, 0.1) is 13.8 Å². The summed E-state index contributed by atoms with van der Waals surface area (Å²) in [6.45, 7) is 3.46. The lowest BCUT2D eigenvalue weighted by Crippen LogP contribution is -2.20. The molecule has 0 aliphatic heterocycles. The van der Waals surface area contributed by atoms with Crippen LogP contribution in [0.4, 0.5) is 5.69 Å². The smallest absolute Gasteiger partial charge is 0.349 e. The van der Waals surface area contributed by atoms with Crippen LogP contribution in [-0.2, 0) is 9.53 Å². The van der Waals surface area contributed by atoms with Crippen molar-refractivity contribution in [2.45, 2.75) is 13.8 Å². The van der Waals surface area contributed by atoms with Gasteiger partial charge in [0.25, 0.3) is 5.91 Å². The summed E-state index contributed by atoms with van der Waals surface area (Å²) in [5.74, 6) is -0.830. The number of hydrogen-bond donors (Lipinski definition) is 1. The minimum atomic E-state index is -0.468. The summed E-state index contributed by atoms with van der Waals surface area (Å²) in [5, 5.41) is 4.51. The van der Waals surface area contributed by atoms with Crippen LogP contribution in [0.25, 0.3) is 0 Å². The summed E-state index contributed by atoms with van der Waals surface area (Å²) in [4.78, 5) is 24.1. The van der Waals surface area contributed by atoms with Crippen LogP contribution >= 0.6 is 27.3 Å². The van der Waals surface area contributed by atoms with Gasteiger partial charge in [-0.25, -0.2) is 4.79 Å². The Labute approximate surface area is 135 Å². The van der Waals surface area contributed by atoms with Crippen molar-refractivity contribution in [1.29, 1.82) is 0 Å². The number of hydrogen-bond acceptors (Lipinski definition) is 4. The number of benzene rings is 1. The third kappa shape index (κ3) is 4.15. The van der Waals surface area contributed by atoms with Crippen molar-refractivity contribution in [2.24, 2.45) is 0 Å². The summed E-state index contributed by atoms with van der Waals surface area (Å²) in [5.41, 5.74) is 2.54. The molecule has 0 spiro atoms. The van der Waals surface area contributed by atoms with Crippen molar-refractivity contribution in [2.75, 3.05) is 11.9 Å². The Morgan fingerprint density at radius 2 is 2.00 bits per heavy atom. The predicted molar refractivity (Wildman–Crippen MR) is 86.8 cm³/mol. The number of rotatable bonds is 4. The average Bonchev–Trinajstić information content (AvgIpc) is 2.86. The molecule has 0 saturated heterocycles. The first-order valence-electron chi connectivity index (χ1n) is 6.24. The molecule has 1 amide bonds. The van der Waals surface area contributed by atoms with Gasteiger partial charge >= 0.3 is 5.97 Å². The van der Waals surface area contributed by atoms with E-state index in [1.54, 1.807) is 6.07 Å². The number of ether oxygens (including phenoxy) is 1. The SMILES string of the molecule is Cc1cc(NC(=O)COC(=O)c2sccc2C)ccc1Br. The van der Waals surface area contributed by atoms with Crippen LogP contribution in [0.2, 0.25) is 0 Å². The largest absolute Gasteiger partial charge is 0.451 e. The number of carbonyl (C=O) groups is 2. The van der Waals surface area contributed by atoms with Crippen LogP contribution in [-0.4, -0.2) is 18.5 Å². The Balaban J connectivity index is 1.89. The van der Waals surface area contributed by atoms with Crippen molar-refractivity contribution in [3.05, 3.63) is 50.1 Å². The highest BCUT2D eigenvalue weighted by molar-refractivity contribution is 9.10. The van der Waals surface area contributed by atoms with E-state index in [0.717, 1.165) is 15.6 Å². The summed E-state index contributed by atoms with van der Waals surface area (Å²) in [6, 6.07) is 7.31. The van der Waals surface area contributed by atoms with E-state index < -0.39 is 5.97 Å². The van der Waals surface area contributed by atoms with Gasteiger partial charge in [-0.3, -0.25) is 4.79 Å². The second-order valence-corrected chi connectivity index (χ2v) is 6.29. The molecule has 0 atom stereocenters. The molecule has 6 heteroatoms. The molecule has 0 fully saturated rings. The van der Waals surface area contributed by atoms with E-state index in [2.05, 4.69) is 21.2 Å². The Bertz CT molecular complexity index is 681. The Morgan fingerprint density at radius 1 is 1.24 bits per heavy atom. The Hall–Kier alpha value is -1.66. The molecule has 0 unspecified atom stereocenters. The van der Waals surface area contributed by atoms with Gasteiger partial charge < -0.3 is 10.1 Å². The molecular formula is C15H14BrNO3S. The minimum Gasteiger partial charge on any atom is -0.451 e. The molecule has 1 N–H and O–H groups in total. The molecule has 1 aromatic carbocycles. The van der Waals surface area contributed by atoms with Gasteiger partial charge in [0, 0.05) is 10.2 Å². The normalized spacial score (nSPS) is 10.2. The van der Waals surface area contributed by atoms with E-state index in [1.807, 2.05) is 37.4 Å². The predicted octanol–water partition coefficient (Wildman–Crippen LogP) is 3.92. The lowest BCUT2D eigenvalue weighted by atomic mass is 10.2. The summed E-state index contributed by atoms with van der Waals surface area (Å²) in [7, 11) is 0. The zero-order valence-electron chi connectivity index (χ0n) is 11.6. The highest BCUT2D eigenvalue weighted by atomic mass is 79.9. The number of halogens is 1. The number of thiophene rings is 1. The average molecular weight is 368 g/mol. The molecular weight excluding hydrogens is 354 g/mol. The number of nitrogens with one attached hydrogen (secondary N) is 1. The fraction of sp³-hybridized carbons (Fsp3) is 0.200. The molecule has 1 heterocycles. The van der Waals surface area contributed by atoms with Gasteiger partial charge in [-0.15, -0.1) is 11.3 Å². The molecule has 0 bridgehead atoms. The van der Waals surface area contributed by atoms with Gasteiger partial charge in [-0.2, -0.15) is 0 Å². The molecule has 0 aliphatic rings. The lowest BCUT2D eigenvalue weighted by Gasteiger charge is -2.08.